The Morgan fingerprint density at radius 2 is 2.24 bits per heavy atom. The van der Waals surface area contributed by atoms with Crippen LogP contribution in [0.25, 0.3) is 0 Å². The van der Waals surface area contributed by atoms with Gasteiger partial charge in [-0.2, -0.15) is 0 Å². The summed E-state index contributed by atoms with van der Waals surface area (Å²) in [6.45, 7) is 2.28. The lowest BCUT2D eigenvalue weighted by Crippen LogP contribution is -2.49. The molecule has 0 spiro atoms. The number of rotatable bonds is 5. The van der Waals surface area contributed by atoms with E-state index >= 15 is 0 Å². The summed E-state index contributed by atoms with van der Waals surface area (Å²) < 4.78 is 5.81. The Labute approximate surface area is 125 Å². The van der Waals surface area contributed by atoms with Crippen molar-refractivity contribution in [1.82, 2.24) is 10.3 Å². The van der Waals surface area contributed by atoms with Crippen LogP contribution in [0, 0.1) is 17.8 Å². The van der Waals surface area contributed by atoms with E-state index in [-0.39, 0.29) is 6.04 Å². The number of hydrogen-bond acceptors (Lipinski definition) is 3. The van der Waals surface area contributed by atoms with E-state index < -0.39 is 5.97 Å². The van der Waals surface area contributed by atoms with Crippen LogP contribution < -0.4 is 5.32 Å². The van der Waals surface area contributed by atoms with E-state index in [0.717, 1.165) is 31.7 Å². The highest BCUT2D eigenvalue weighted by molar-refractivity contribution is 5.73. The van der Waals surface area contributed by atoms with Gasteiger partial charge in [0.1, 0.15) is 6.04 Å². The van der Waals surface area contributed by atoms with E-state index in [9.17, 15) is 4.79 Å². The van der Waals surface area contributed by atoms with Gasteiger partial charge in [0.05, 0.1) is 6.61 Å². The first-order valence-electron chi connectivity index (χ1n) is 7.88. The van der Waals surface area contributed by atoms with Crippen molar-refractivity contribution in [3.8, 4) is 0 Å². The van der Waals surface area contributed by atoms with Crippen molar-refractivity contribution in [2.75, 3.05) is 13.2 Å². The summed E-state index contributed by atoms with van der Waals surface area (Å²) in [5.41, 5.74) is 1.11. The molecular formula is C16H24N2O3. The van der Waals surface area contributed by atoms with Crippen LogP contribution in [-0.4, -0.2) is 35.3 Å². The number of piperidine rings is 1. The number of aromatic nitrogens is 1. The van der Waals surface area contributed by atoms with Gasteiger partial charge in [0.25, 0.3) is 0 Å². The van der Waals surface area contributed by atoms with Gasteiger partial charge < -0.3 is 20.1 Å². The van der Waals surface area contributed by atoms with Gasteiger partial charge in [0.15, 0.2) is 0 Å². The number of H-pyrrole nitrogens is 1. The topological polar surface area (TPSA) is 74.3 Å². The van der Waals surface area contributed by atoms with E-state index in [1.165, 1.54) is 12.8 Å². The lowest BCUT2D eigenvalue weighted by atomic mass is 9.70. The van der Waals surface area contributed by atoms with Crippen LogP contribution in [0.4, 0.5) is 0 Å². The number of fused-ring (bicyclic) bond motifs is 1. The number of ether oxygens (including phenoxy) is 1. The molecule has 2 fully saturated rings. The number of carboxylic acids is 1. The molecule has 1 aromatic heterocycles. The third kappa shape index (κ3) is 3.66. The molecule has 21 heavy (non-hydrogen) atoms. The number of hydrogen-bond donors (Lipinski definition) is 3. The average molecular weight is 292 g/mol. The van der Waals surface area contributed by atoms with Crippen molar-refractivity contribution >= 4 is 5.97 Å². The maximum absolute atomic E-state index is 11.1. The van der Waals surface area contributed by atoms with E-state index in [0.29, 0.717) is 24.4 Å². The van der Waals surface area contributed by atoms with Crippen LogP contribution >= 0.6 is 0 Å². The Morgan fingerprint density at radius 1 is 1.33 bits per heavy atom. The fourth-order valence-corrected chi connectivity index (χ4v) is 3.79. The third-order valence-electron chi connectivity index (χ3n) is 4.98. The molecule has 116 valence electrons. The molecule has 1 aliphatic carbocycles. The average Bonchev–Trinajstić information content (AvgIpc) is 2.99. The molecule has 0 bridgehead atoms. The summed E-state index contributed by atoms with van der Waals surface area (Å²) >= 11 is 0. The van der Waals surface area contributed by atoms with Crippen LogP contribution in [0.3, 0.4) is 0 Å². The Kier molecular flexibility index (Phi) is 4.60. The summed E-state index contributed by atoms with van der Waals surface area (Å²) in [4.78, 5) is 14.3. The van der Waals surface area contributed by atoms with E-state index in [1.807, 2.05) is 18.3 Å². The molecule has 4 atom stereocenters. The molecule has 0 amide bonds. The second kappa shape index (κ2) is 6.62. The minimum absolute atomic E-state index is 0.357. The van der Waals surface area contributed by atoms with Gasteiger partial charge in [0.2, 0.25) is 0 Å². The van der Waals surface area contributed by atoms with Crippen molar-refractivity contribution in [1.29, 1.82) is 0 Å². The fourth-order valence-electron chi connectivity index (χ4n) is 3.79. The number of nitrogens with one attached hydrogen (secondary N) is 2. The van der Waals surface area contributed by atoms with Gasteiger partial charge >= 0.3 is 5.97 Å². The molecule has 1 aliphatic heterocycles. The molecule has 0 aromatic carbocycles. The number of carbonyl (C=O) groups is 1. The molecule has 1 saturated heterocycles. The standard InChI is InChI=1S/C16H24N2O3/c19-16(20)15-7-13-6-11(3-4-12(13)8-18-15)9-21-10-14-2-1-5-17-14/h1-2,5,11-13,15,17-18H,3-4,6-10H2,(H,19,20)/t11-,12-,13+,15-/m0/s1. The normalized spacial score (nSPS) is 32.6. The predicted molar refractivity (Wildman–Crippen MR) is 78.8 cm³/mol. The monoisotopic (exact) mass is 292 g/mol. The molecule has 5 nitrogen and oxygen atoms in total. The molecule has 0 radical (unpaired) electrons. The van der Waals surface area contributed by atoms with Crippen LogP contribution in [0.15, 0.2) is 18.3 Å². The second-order valence-electron chi connectivity index (χ2n) is 6.44. The van der Waals surface area contributed by atoms with Crippen molar-refractivity contribution in [3.63, 3.8) is 0 Å². The van der Waals surface area contributed by atoms with Gasteiger partial charge in [0, 0.05) is 18.5 Å². The molecule has 2 heterocycles. The van der Waals surface area contributed by atoms with Crippen LogP contribution in [0.2, 0.25) is 0 Å². The minimum Gasteiger partial charge on any atom is -0.480 e. The smallest absolute Gasteiger partial charge is 0.320 e. The molecule has 3 N–H and O–H groups in total. The number of aromatic amines is 1. The van der Waals surface area contributed by atoms with Crippen molar-refractivity contribution in [2.24, 2.45) is 17.8 Å². The molecular weight excluding hydrogens is 268 g/mol. The first-order chi connectivity index (χ1) is 10.2. The summed E-state index contributed by atoms with van der Waals surface area (Å²) in [6, 6.07) is 3.65. The van der Waals surface area contributed by atoms with Crippen molar-refractivity contribution in [2.45, 2.75) is 38.3 Å². The van der Waals surface area contributed by atoms with Crippen LogP contribution in [-0.2, 0) is 16.1 Å². The van der Waals surface area contributed by atoms with Gasteiger partial charge in [-0.25, -0.2) is 0 Å². The zero-order valence-electron chi connectivity index (χ0n) is 12.3. The van der Waals surface area contributed by atoms with E-state index in [4.69, 9.17) is 9.84 Å². The predicted octanol–water partition coefficient (Wildman–Crippen LogP) is 2.01. The Bertz CT molecular complexity index is 460. The highest BCUT2D eigenvalue weighted by Gasteiger charge is 2.37. The van der Waals surface area contributed by atoms with Crippen LogP contribution in [0.1, 0.15) is 31.4 Å². The lowest BCUT2D eigenvalue weighted by molar-refractivity contribution is -0.141. The lowest BCUT2D eigenvalue weighted by Gasteiger charge is -2.41. The molecule has 0 unspecified atom stereocenters. The highest BCUT2D eigenvalue weighted by Crippen LogP contribution is 2.38. The first-order valence-corrected chi connectivity index (χ1v) is 7.88. The first kappa shape index (κ1) is 14.6. The maximum Gasteiger partial charge on any atom is 0.320 e. The Balaban J connectivity index is 1.45. The van der Waals surface area contributed by atoms with E-state index in [2.05, 4.69) is 10.3 Å². The zero-order chi connectivity index (χ0) is 14.7. The summed E-state index contributed by atoms with van der Waals surface area (Å²) in [7, 11) is 0. The molecule has 3 rings (SSSR count). The van der Waals surface area contributed by atoms with Gasteiger partial charge in [-0.1, -0.05) is 0 Å². The molecule has 1 saturated carbocycles. The fraction of sp³-hybridized carbons (Fsp3) is 0.688. The van der Waals surface area contributed by atoms with Crippen LogP contribution in [0.5, 0.6) is 0 Å². The zero-order valence-corrected chi connectivity index (χ0v) is 12.3. The van der Waals surface area contributed by atoms with Gasteiger partial charge in [-0.15, -0.1) is 0 Å². The third-order valence-corrected chi connectivity index (χ3v) is 4.98. The molecule has 5 heteroatoms. The minimum atomic E-state index is -0.710. The van der Waals surface area contributed by atoms with Gasteiger partial charge in [-0.3, -0.25) is 4.79 Å². The Morgan fingerprint density at radius 3 is 3.00 bits per heavy atom. The SMILES string of the molecule is O=C(O)[C@@H]1C[C@H]2C[C@@H](COCc3ccc[nH]3)CC[C@H]2CN1. The summed E-state index contributed by atoms with van der Waals surface area (Å²) in [6.07, 6.45) is 6.19. The largest absolute Gasteiger partial charge is 0.480 e. The van der Waals surface area contributed by atoms with Gasteiger partial charge in [-0.05, 0) is 62.1 Å². The molecule has 1 aromatic rings. The van der Waals surface area contributed by atoms with E-state index in [1.54, 1.807) is 0 Å². The Hall–Kier alpha value is -1.33. The second-order valence-corrected chi connectivity index (χ2v) is 6.44. The summed E-state index contributed by atoms with van der Waals surface area (Å²) in [5, 5.41) is 12.3. The highest BCUT2D eigenvalue weighted by atomic mass is 16.5. The van der Waals surface area contributed by atoms with Crippen molar-refractivity contribution < 1.29 is 14.6 Å². The van der Waals surface area contributed by atoms with Crippen molar-refractivity contribution in [3.05, 3.63) is 24.0 Å². The number of carboxylic acid groups (broad SMARTS) is 1. The maximum atomic E-state index is 11.1. The molecule has 2 aliphatic rings. The quantitative estimate of drug-likeness (QED) is 0.776. The number of aliphatic carboxylic acids is 1. The summed E-state index contributed by atoms with van der Waals surface area (Å²) in [5.74, 6) is 1.06.